The molecule has 1 fully saturated rings. The van der Waals surface area contributed by atoms with Gasteiger partial charge in [-0.1, -0.05) is 0 Å². The van der Waals surface area contributed by atoms with Crippen LogP contribution >= 0.6 is 0 Å². The number of amides is 2. The van der Waals surface area contributed by atoms with E-state index >= 15 is 0 Å². The number of Topliss-reactive ketones (excluding diaryl/α,β-unsaturated/α-hetero) is 1. The van der Waals surface area contributed by atoms with Gasteiger partial charge in [0.15, 0.2) is 5.78 Å². The second kappa shape index (κ2) is 8.54. The topological polar surface area (TPSA) is 61.4 Å². The van der Waals surface area contributed by atoms with Gasteiger partial charge in [-0.3, -0.25) is 4.79 Å². The van der Waals surface area contributed by atoms with Crippen molar-refractivity contribution < 1.29 is 9.59 Å². The van der Waals surface area contributed by atoms with Gasteiger partial charge in [-0.25, -0.2) is 4.79 Å². The van der Waals surface area contributed by atoms with Crippen LogP contribution in [0.2, 0.25) is 0 Å². The summed E-state index contributed by atoms with van der Waals surface area (Å²) >= 11 is 0. The van der Waals surface area contributed by atoms with Gasteiger partial charge in [0, 0.05) is 17.8 Å². The third-order valence-corrected chi connectivity index (χ3v) is 3.93. The second-order valence-electron chi connectivity index (χ2n) is 5.77. The molecule has 1 aromatic rings. The van der Waals surface area contributed by atoms with Gasteiger partial charge in [0.2, 0.25) is 0 Å². The molecule has 0 aromatic heterocycles. The van der Waals surface area contributed by atoms with Crippen molar-refractivity contribution in [1.82, 2.24) is 10.2 Å². The first kappa shape index (κ1) is 16.5. The molecular weight excluding hydrogens is 278 g/mol. The van der Waals surface area contributed by atoms with Gasteiger partial charge < -0.3 is 15.5 Å². The average Bonchev–Trinajstić information content (AvgIpc) is 3.00. The van der Waals surface area contributed by atoms with E-state index in [9.17, 15) is 9.59 Å². The smallest absolute Gasteiger partial charge is 0.319 e. The van der Waals surface area contributed by atoms with Gasteiger partial charge in [0.25, 0.3) is 0 Å². The summed E-state index contributed by atoms with van der Waals surface area (Å²) in [5.74, 6) is 0.0222. The normalized spacial score (nSPS) is 14.8. The van der Waals surface area contributed by atoms with Crippen molar-refractivity contribution in [2.75, 3.05) is 31.5 Å². The Kier molecular flexibility index (Phi) is 6.40. The fourth-order valence-electron chi connectivity index (χ4n) is 2.63. The number of benzene rings is 1. The number of nitrogens with zero attached hydrogens (tertiary/aromatic N) is 1. The highest BCUT2D eigenvalue weighted by Gasteiger charge is 2.10. The fourth-order valence-corrected chi connectivity index (χ4v) is 2.63. The van der Waals surface area contributed by atoms with Gasteiger partial charge in [-0.15, -0.1) is 0 Å². The largest absolute Gasteiger partial charge is 0.338 e. The third-order valence-electron chi connectivity index (χ3n) is 3.93. The molecule has 0 atom stereocenters. The SMILES string of the molecule is CC(=O)c1ccc(NC(=O)NCCCCN2CCCC2)cc1. The number of anilines is 1. The number of unbranched alkanes of at least 4 members (excludes halogenated alkanes) is 1. The minimum Gasteiger partial charge on any atom is -0.338 e. The third kappa shape index (κ3) is 5.48. The van der Waals surface area contributed by atoms with Gasteiger partial charge in [-0.05, 0) is 76.5 Å². The van der Waals surface area contributed by atoms with E-state index in [4.69, 9.17) is 0 Å². The molecule has 1 saturated heterocycles. The molecule has 1 heterocycles. The molecule has 0 saturated carbocycles. The maximum Gasteiger partial charge on any atom is 0.319 e. The van der Waals surface area contributed by atoms with Crippen LogP contribution in [0.25, 0.3) is 0 Å². The standard InChI is InChI=1S/C17H25N3O2/c1-14(21)15-6-8-16(9-7-15)19-17(22)18-10-2-3-11-20-12-4-5-13-20/h6-9H,2-5,10-13H2,1H3,(H2,18,19,22). The summed E-state index contributed by atoms with van der Waals surface area (Å²) in [5, 5.41) is 5.63. The first-order valence-electron chi connectivity index (χ1n) is 8.03. The number of carbonyl (C=O) groups is 2. The monoisotopic (exact) mass is 303 g/mol. The molecule has 1 aliphatic heterocycles. The lowest BCUT2D eigenvalue weighted by molar-refractivity contribution is 0.101. The Morgan fingerprint density at radius 3 is 2.41 bits per heavy atom. The van der Waals surface area contributed by atoms with Crippen LogP contribution in [-0.4, -0.2) is 42.9 Å². The number of urea groups is 1. The van der Waals surface area contributed by atoms with Crippen LogP contribution in [0.15, 0.2) is 24.3 Å². The Hall–Kier alpha value is -1.88. The Bertz CT molecular complexity index is 493. The molecule has 2 amide bonds. The lowest BCUT2D eigenvalue weighted by atomic mass is 10.1. The van der Waals surface area contributed by atoms with Crippen molar-refractivity contribution >= 4 is 17.5 Å². The van der Waals surface area contributed by atoms with Gasteiger partial charge >= 0.3 is 6.03 Å². The van der Waals surface area contributed by atoms with Crippen molar-refractivity contribution in [2.24, 2.45) is 0 Å². The Balaban J connectivity index is 1.59. The number of hydrogen-bond donors (Lipinski definition) is 2. The van der Waals surface area contributed by atoms with Crippen LogP contribution in [0.3, 0.4) is 0 Å². The number of likely N-dealkylation sites (tertiary alicyclic amines) is 1. The average molecular weight is 303 g/mol. The van der Waals surface area contributed by atoms with Crippen molar-refractivity contribution in [3.8, 4) is 0 Å². The molecule has 0 aliphatic carbocycles. The predicted molar refractivity (Wildman–Crippen MR) is 88.4 cm³/mol. The van der Waals surface area contributed by atoms with Crippen LogP contribution in [-0.2, 0) is 0 Å². The fraction of sp³-hybridized carbons (Fsp3) is 0.529. The number of ketones is 1. The number of nitrogens with one attached hydrogen (secondary N) is 2. The molecule has 5 nitrogen and oxygen atoms in total. The van der Waals surface area contributed by atoms with Crippen LogP contribution in [0.4, 0.5) is 10.5 Å². The van der Waals surface area contributed by atoms with E-state index in [0.29, 0.717) is 17.8 Å². The summed E-state index contributed by atoms with van der Waals surface area (Å²) in [7, 11) is 0. The van der Waals surface area contributed by atoms with Crippen LogP contribution < -0.4 is 10.6 Å². The minimum absolute atomic E-state index is 0.0222. The van der Waals surface area contributed by atoms with Gasteiger partial charge in [0.05, 0.1) is 0 Å². The zero-order valence-corrected chi connectivity index (χ0v) is 13.2. The first-order valence-corrected chi connectivity index (χ1v) is 8.03. The van der Waals surface area contributed by atoms with Crippen molar-refractivity contribution in [1.29, 1.82) is 0 Å². The van der Waals surface area contributed by atoms with Crippen LogP contribution in [0.5, 0.6) is 0 Å². The number of rotatable bonds is 7. The number of carbonyl (C=O) groups excluding carboxylic acids is 2. The molecule has 0 spiro atoms. The maximum atomic E-state index is 11.8. The van der Waals surface area contributed by atoms with E-state index < -0.39 is 0 Å². The van der Waals surface area contributed by atoms with Gasteiger partial charge in [0.1, 0.15) is 0 Å². The first-order chi connectivity index (χ1) is 10.6. The molecule has 0 bridgehead atoms. The molecule has 2 N–H and O–H groups in total. The second-order valence-corrected chi connectivity index (χ2v) is 5.77. The summed E-state index contributed by atoms with van der Waals surface area (Å²) < 4.78 is 0. The molecule has 22 heavy (non-hydrogen) atoms. The van der Waals surface area contributed by atoms with Crippen LogP contribution in [0, 0.1) is 0 Å². The van der Waals surface area contributed by atoms with E-state index in [1.54, 1.807) is 24.3 Å². The molecule has 5 heteroatoms. The summed E-state index contributed by atoms with van der Waals surface area (Å²) in [4.78, 5) is 25.4. The summed E-state index contributed by atoms with van der Waals surface area (Å²) in [6, 6.07) is 6.71. The zero-order valence-electron chi connectivity index (χ0n) is 13.2. The van der Waals surface area contributed by atoms with E-state index in [1.807, 2.05) is 0 Å². The van der Waals surface area contributed by atoms with E-state index in [2.05, 4.69) is 15.5 Å². The molecule has 0 radical (unpaired) electrons. The highest BCUT2D eigenvalue weighted by atomic mass is 16.2. The van der Waals surface area contributed by atoms with Crippen molar-refractivity contribution in [2.45, 2.75) is 32.6 Å². The summed E-state index contributed by atoms with van der Waals surface area (Å²) in [6.07, 6.45) is 4.76. The minimum atomic E-state index is -0.197. The quantitative estimate of drug-likeness (QED) is 0.601. The van der Waals surface area contributed by atoms with Crippen molar-refractivity contribution in [3.63, 3.8) is 0 Å². The van der Waals surface area contributed by atoms with E-state index in [0.717, 1.165) is 19.4 Å². The maximum absolute atomic E-state index is 11.8. The highest BCUT2D eigenvalue weighted by Crippen LogP contribution is 2.10. The summed E-state index contributed by atoms with van der Waals surface area (Å²) in [6.45, 7) is 5.80. The molecule has 120 valence electrons. The van der Waals surface area contributed by atoms with Gasteiger partial charge in [-0.2, -0.15) is 0 Å². The molecule has 1 aliphatic rings. The Morgan fingerprint density at radius 2 is 1.77 bits per heavy atom. The molecule has 1 aromatic carbocycles. The predicted octanol–water partition coefficient (Wildman–Crippen LogP) is 2.89. The summed E-state index contributed by atoms with van der Waals surface area (Å²) in [5.41, 5.74) is 1.34. The number of hydrogen-bond acceptors (Lipinski definition) is 3. The Morgan fingerprint density at radius 1 is 1.09 bits per heavy atom. The molecule has 2 rings (SSSR count). The van der Waals surface area contributed by atoms with E-state index in [-0.39, 0.29) is 11.8 Å². The molecular formula is C17H25N3O2. The molecule has 0 unspecified atom stereocenters. The van der Waals surface area contributed by atoms with Crippen molar-refractivity contribution in [3.05, 3.63) is 29.8 Å². The van der Waals surface area contributed by atoms with E-state index in [1.165, 1.54) is 32.9 Å². The Labute approximate surface area is 132 Å². The zero-order chi connectivity index (χ0) is 15.8. The lowest BCUT2D eigenvalue weighted by Crippen LogP contribution is -2.30. The van der Waals surface area contributed by atoms with Crippen LogP contribution in [0.1, 0.15) is 43.0 Å². The lowest BCUT2D eigenvalue weighted by Gasteiger charge is -2.14. The highest BCUT2D eigenvalue weighted by molar-refractivity contribution is 5.95.